The maximum Gasteiger partial charge on any atom is 0.244 e. The third-order valence-corrected chi connectivity index (χ3v) is 4.09. The fraction of sp³-hybridized carbons (Fsp3) is 0.588. The molecule has 1 fully saturated rings. The molecule has 2 unspecified atom stereocenters. The first-order valence-electron chi connectivity index (χ1n) is 7.79. The Kier molecular flexibility index (Phi) is 8.55. The van der Waals surface area contributed by atoms with Gasteiger partial charge in [0.25, 0.3) is 0 Å². The highest BCUT2D eigenvalue weighted by molar-refractivity contribution is 5.85. The van der Waals surface area contributed by atoms with Gasteiger partial charge in [0, 0.05) is 26.1 Å². The van der Waals surface area contributed by atoms with Gasteiger partial charge in [0.05, 0.1) is 19.8 Å². The normalized spacial score (nSPS) is 18.6. The minimum atomic E-state index is -0.575. The van der Waals surface area contributed by atoms with Crippen LogP contribution in [0.3, 0.4) is 0 Å². The average Bonchev–Trinajstić information content (AvgIpc) is 3.00. The smallest absolute Gasteiger partial charge is 0.244 e. The van der Waals surface area contributed by atoms with E-state index in [0.717, 1.165) is 30.6 Å². The second-order valence-electron chi connectivity index (χ2n) is 5.90. The number of methoxy groups -OCH3 is 1. The van der Waals surface area contributed by atoms with Crippen molar-refractivity contribution in [3.63, 3.8) is 0 Å². The van der Waals surface area contributed by atoms with Gasteiger partial charge in [-0.2, -0.15) is 0 Å². The molecule has 1 amide bonds. The Morgan fingerprint density at radius 3 is 2.70 bits per heavy atom. The third kappa shape index (κ3) is 5.77. The van der Waals surface area contributed by atoms with Crippen LogP contribution in [0.15, 0.2) is 24.3 Å². The molecular formula is C17H27ClN2O3. The molecule has 2 N–H and O–H groups in total. The summed E-state index contributed by atoms with van der Waals surface area (Å²) in [5.74, 6) is 0.397. The second-order valence-corrected chi connectivity index (χ2v) is 5.90. The van der Waals surface area contributed by atoms with E-state index in [4.69, 9.17) is 15.2 Å². The van der Waals surface area contributed by atoms with Gasteiger partial charge in [-0.25, -0.2) is 0 Å². The predicted octanol–water partition coefficient (Wildman–Crippen LogP) is 1.93. The number of nitrogens with two attached hydrogens (primary N) is 1. The van der Waals surface area contributed by atoms with Crippen LogP contribution in [-0.2, 0) is 14.3 Å². The van der Waals surface area contributed by atoms with Crippen LogP contribution >= 0.6 is 12.4 Å². The van der Waals surface area contributed by atoms with E-state index < -0.39 is 6.04 Å². The summed E-state index contributed by atoms with van der Waals surface area (Å²) < 4.78 is 10.5. The van der Waals surface area contributed by atoms with Crippen LogP contribution in [0, 0.1) is 12.8 Å². The van der Waals surface area contributed by atoms with E-state index in [1.807, 2.05) is 36.1 Å². The number of aryl methyl sites for hydroxylation is 1. The lowest BCUT2D eigenvalue weighted by molar-refractivity contribution is -0.131. The van der Waals surface area contributed by atoms with E-state index in [9.17, 15) is 4.79 Å². The molecule has 1 aromatic carbocycles. The Bertz CT molecular complexity index is 481. The SMILES string of the molecule is COCCOCC1CCN(C(=O)C(N)c2ccc(C)cc2)C1.Cl. The van der Waals surface area contributed by atoms with E-state index in [-0.39, 0.29) is 18.3 Å². The van der Waals surface area contributed by atoms with Crippen molar-refractivity contribution in [2.75, 3.05) is 40.0 Å². The van der Waals surface area contributed by atoms with Gasteiger partial charge in [-0.05, 0) is 18.9 Å². The topological polar surface area (TPSA) is 64.8 Å². The molecule has 0 radical (unpaired) electrons. The van der Waals surface area contributed by atoms with E-state index in [2.05, 4.69) is 0 Å². The summed E-state index contributed by atoms with van der Waals surface area (Å²) in [6.45, 7) is 5.39. The molecule has 5 nitrogen and oxygen atoms in total. The Hall–Kier alpha value is -1.14. The van der Waals surface area contributed by atoms with Gasteiger partial charge in [0.1, 0.15) is 6.04 Å². The maximum atomic E-state index is 12.5. The van der Waals surface area contributed by atoms with Crippen LogP contribution in [0.5, 0.6) is 0 Å². The number of rotatable bonds is 7. The molecule has 2 atom stereocenters. The van der Waals surface area contributed by atoms with Crippen molar-refractivity contribution in [1.29, 1.82) is 0 Å². The molecule has 23 heavy (non-hydrogen) atoms. The number of halogens is 1. The van der Waals surface area contributed by atoms with Crippen molar-refractivity contribution >= 4 is 18.3 Å². The highest BCUT2D eigenvalue weighted by atomic mass is 35.5. The van der Waals surface area contributed by atoms with Crippen LogP contribution in [0.2, 0.25) is 0 Å². The Balaban J connectivity index is 0.00000264. The molecule has 0 saturated carbocycles. The van der Waals surface area contributed by atoms with Gasteiger partial charge < -0.3 is 20.1 Å². The first-order valence-corrected chi connectivity index (χ1v) is 7.79. The van der Waals surface area contributed by atoms with Crippen LogP contribution in [-0.4, -0.2) is 50.8 Å². The lowest BCUT2D eigenvalue weighted by atomic mass is 10.0. The standard InChI is InChI=1S/C17H26N2O3.ClH/c1-13-3-5-15(6-4-13)16(18)17(20)19-8-7-14(11-19)12-22-10-9-21-2;/h3-6,14,16H,7-12,18H2,1-2H3;1H. The summed E-state index contributed by atoms with van der Waals surface area (Å²) in [5, 5.41) is 0. The quantitative estimate of drug-likeness (QED) is 0.769. The third-order valence-electron chi connectivity index (χ3n) is 4.09. The van der Waals surface area contributed by atoms with Gasteiger partial charge in [-0.15, -0.1) is 12.4 Å². The number of amides is 1. The van der Waals surface area contributed by atoms with Gasteiger partial charge in [-0.3, -0.25) is 4.79 Å². The van der Waals surface area contributed by atoms with Crippen molar-refractivity contribution in [3.05, 3.63) is 35.4 Å². The Morgan fingerprint density at radius 2 is 2.04 bits per heavy atom. The van der Waals surface area contributed by atoms with Crippen LogP contribution < -0.4 is 5.73 Å². The molecule has 1 saturated heterocycles. The molecule has 1 heterocycles. The van der Waals surface area contributed by atoms with Crippen LogP contribution in [0.1, 0.15) is 23.6 Å². The summed E-state index contributed by atoms with van der Waals surface area (Å²) in [4.78, 5) is 14.3. The Morgan fingerprint density at radius 1 is 1.35 bits per heavy atom. The maximum absolute atomic E-state index is 12.5. The lowest BCUT2D eigenvalue weighted by Crippen LogP contribution is -2.37. The van der Waals surface area contributed by atoms with E-state index in [1.54, 1.807) is 7.11 Å². The fourth-order valence-corrected chi connectivity index (χ4v) is 2.67. The van der Waals surface area contributed by atoms with Gasteiger partial charge >= 0.3 is 0 Å². The average molecular weight is 343 g/mol. The molecule has 1 aromatic rings. The first-order chi connectivity index (χ1) is 10.6. The van der Waals surface area contributed by atoms with Crippen molar-refractivity contribution in [1.82, 2.24) is 4.90 Å². The summed E-state index contributed by atoms with van der Waals surface area (Å²) in [6.07, 6.45) is 0.972. The minimum absolute atomic E-state index is 0. The number of benzene rings is 1. The molecule has 1 aliphatic rings. The second kappa shape index (κ2) is 9.88. The molecule has 6 heteroatoms. The first kappa shape index (κ1) is 19.9. The highest BCUT2D eigenvalue weighted by Gasteiger charge is 2.29. The fourth-order valence-electron chi connectivity index (χ4n) is 2.67. The molecule has 0 spiro atoms. The van der Waals surface area contributed by atoms with E-state index in [0.29, 0.717) is 25.7 Å². The van der Waals surface area contributed by atoms with Gasteiger partial charge in [0.15, 0.2) is 0 Å². The van der Waals surface area contributed by atoms with Crippen LogP contribution in [0.4, 0.5) is 0 Å². The summed E-state index contributed by atoms with van der Waals surface area (Å²) in [7, 11) is 1.66. The molecule has 2 rings (SSSR count). The summed E-state index contributed by atoms with van der Waals surface area (Å²) in [6, 6.07) is 7.25. The monoisotopic (exact) mass is 342 g/mol. The van der Waals surface area contributed by atoms with E-state index in [1.165, 1.54) is 0 Å². The predicted molar refractivity (Wildman–Crippen MR) is 92.7 cm³/mol. The zero-order chi connectivity index (χ0) is 15.9. The Labute approximate surface area is 144 Å². The number of ether oxygens (including phenoxy) is 2. The van der Waals surface area contributed by atoms with Crippen molar-refractivity contribution in [3.8, 4) is 0 Å². The minimum Gasteiger partial charge on any atom is -0.382 e. The largest absolute Gasteiger partial charge is 0.382 e. The zero-order valence-electron chi connectivity index (χ0n) is 13.9. The lowest BCUT2D eigenvalue weighted by Gasteiger charge is -2.21. The summed E-state index contributed by atoms with van der Waals surface area (Å²) in [5.41, 5.74) is 8.15. The zero-order valence-corrected chi connectivity index (χ0v) is 14.7. The van der Waals surface area contributed by atoms with Crippen molar-refractivity contribution in [2.45, 2.75) is 19.4 Å². The number of nitrogens with zero attached hydrogens (tertiary/aromatic N) is 1. The highest BCUT2D eigenvalue weighted by Crippen LogP contribution is 2.21. The molecule has 0 aromatic heterocycles. The number of hydrogen-bond donors (Lipinski definition) is 1. The van der Waals surface area contributed by atoms with Gasteiger partial charge in [-0.1, -0.05) is 29.8 Å². The molecule has 0 bridgehead atoms. The van der Waals surface area contributed by atoms with Crippen LogP contribution in [0.25, 0.3) is 0 Å². The number of carbonyl (C=O) groups excluding carboxylic acids is 1. The molecular weight excluding hydrogens is 316 g/mol. The molecule has 0 aliphatic carbocycles. The number of hydrogen-bond acceptors (Lipinski definition) is 4. The summed E-state index contributed by atoms with van der Waals surface area (Å²) >= 11 is 0. The molecule has 130 valence electrons. The number of likely N-dealkylation sites (tertiary alicyclic amines) is 1. The van der Waals surface area contributed by atoms with Crippen molar-refractivity contribution < 1.29 is 14.3 Å². The molecule has 1 aliphatic heterocycles. The number of carbonyl (C=O) groups is 1. The van der Waals surface area contributed by atoms with E-state index >= 15 is 0 Å². The van der Waals surface area contributed by atoms with Crippen molar-refractivity contribution in [2.24, 2.45) is 11.7 Å². The van der Waals surface area contributed by atoms with Gasteiger partial charge in [0.2, 0.25) is 5.91 Å².